The van der Waals surface area contributed by atoms with Crippen molar-refractivity contribution >= 4 is 17.3 Å². The number of hydrogen-bond donors (Lipinski definition) is 0. The molecule has 1 aliphatic heterocycles. The summed E-state index contributed by atoms with van der Waals surface area (Å²) in [5.41, 5.74) is 10.5. The van der Waals surface area contributed by atoms with E-state index in [1.54, 1.807) is 0 Å². The zero-order chi connectivity index (χ0) is 16.2. The van der Waals surface area contributed by atoms with E-state index in [4.69, 9.17) is 17.3 Å². The summed E-state index contributed by atoms with van der Waals surface area (Å²) in [5.74, 6) is -0.194. The number of rotatable bonds is 4. The largest absolute Gasteiger partial charge is 0.674 e. The van der Waals surface area contributed by atoms with Crippen LogP contribution in [0.4, 0.5) is 10.1 Å². The molecule has 3 nitrogen and oxygen atoms in total. The minimum Gasteiger partial charge on any atom is -0.674 e. The van der Waals surface area contributed by atoms with Crippen LogP contribution in [0, 0.1) is 49.9 Å². The molecule has 3 rings (SSSR count). The number of piperazine rings is 1. The normalized spacial score (nSPS) is 15.2. The monoisotopic (exact) mass is 559 g/mol. The molecule has 1 fully saturated rings. The van der Waals surface area contributed by atoms with Gasteiger partial charge in [0.1, 0.15) is 5.82 Å². The van der Waals surface area contributed by atoms with Crippen molar-refractivity contribution in [2.45, 2.75) is 13.1 Å². The maximum absolute atomic E-state index is 13.0. The third kappa shape index (κ3) is 5.16. The number of benzene rings is 2. The molecule has 1 saturated heterocycles. The van der Waals surface area contributed by atoms with Crippen LogP contribution < -0.4 is 4.90 Å². The first-order valence-corrected chi connectivity index (χ1v) is 8.18. The Morgan fingerprint density at radius 2 is 1.67 bits per heavy atom. The van der Waals surface area contributed by atoms with Crippen LogP contribution >= 0.6 is 11.6 Å². The van der Waals surface area contributed by atoms with Crippen molar-refractivity contribution in [3.8, 4) is 0 Å². The van der Waals surface area contributed by atoms with Crippen LogP contribution in [0.15, 0.2) is 42.5 Å². The second-order valence-electron chi connectivity index (χ2n) is 5.84. The van der Waals surface area contributed by atoms with Gasteiger partial charge in [-0.15, -0.1) is 6.54 Å². The predicted molar refractivity (Wildman–Crippen MR) is 93.4 cm³/mol. The van der Waals surface area contributed by atoms with Gasteiger partial charge in [-0.25, -0.2) is 4.39 Å². The van der Waals surface area contributed by atoms with Crippen molar-refractivity contribution in [2.75, 3.05) is 31.1 Å². The predicted octanol–water partition coefficient (Wildman–Crippen LogP) is 4.35. The molecular weight excluding hydrogens is 540 g/mol. The molecule has 125 valence electrons. The molecule has 1 N–H and O–H groups in total. The summed E-state index contributed by atoms with van der Waals surface area (Å²) in [6.45, 7) is 4.89. The first-order chi connectivity index (χ1) is 11.2. The van der Waals surface area contributed by atoms with E-state index in [0.29, 0.717) is 5.02 Å². The average Bonchev–Trinajstić information content (AvgIpc) is 2.57. The van der Waals surface area contributed by atoms with Gasteiger partial charge in [-0.1, -0.05) is 29.3 Å². The van der Waals surface area contributed by atoms with Gasteiger partial charge in [-0.3, -0.25) is 4.90 Å². The van der Waals surface area contributed by atoms with Gasteiger partial charge >= 0.3 is 0 Å². The van der Waals surface area contributed by atoms with Crippen molar-refractivity contribution < 1.29 is 48.5 Å². The van der Waals surface area contributed by atoms with Gasteiger partial charge in [0.2, 0.25) is 0 Å². The van der Waals surface area contributed by atoms with E-state index in [-0.39, 0.29) is 56.4 Å². The van der Waals surface area contributed by atoms with Crippen molar-refractivity contribution in [1.29, 1.82) is 0 Å². The fourth-order valence-electron chi connectivity index (χ4n) is 2.91. The van der Waals surface area contributed by atoms with Crippen LogP contribution in [0.1, 0.15) is 11.1 Å². The van der Waals surface area contributed by atoms with Crippen molar-refractivity contribution in [3.05, 3.63) is 70.2 Å². The first kappa shape index (κ1) is 20.1. The van der Waals surface area contributed by atoms with Crippen LogP contribution in [0.25, 0.3) is 5.73 Å². The number of halogens is 2. The molecule has 0 amide bonds. The van der Waals surface area contributed by atoms with Crippen LogP contribution in [-0.2, 0) is 13.1 Å². The van der Waals surface area contributed by atoms with Crippen LogP contribution in [-0.4, -0.2) is 31.1 Å². The SMILES string of the molecule is [Ac].[NH-]Cc1ccc(CN2CCN(c3ccc(F)cc3)CC2)cc1Cl. The number of nitrogens with zero attached hydrogens (tertiary/aromatic N) is 2. The second kappa shape index (κ2) is 9.50. The maximum Gasteiger partial charge on any atom is 0.123 e. The maximum atomic E-state index is 13.0. The molecule has 1 heterocycles. The summed E-state index contributed by atoms with van der Waals surface area (Å²) >= 11 is 6.19. The Bertz CT molecular complexity index is 658. The fourth-order valence-corrected chi connectivity index (χ4v) is 3.18. The van der Waals surface area contributed by atoms with E-state index in [0.717, 1.165) is 44.0 Å². The molecular formula is C18H20AcClFN3-. The second-order valence-corrected chi connectivity index (χ2v) is 6.25. The van der Waals surface area contributed by atoms with Gasteiger partial charge in [0.25, 0.3) is 0 Å². The molecule has 0 aromatic heterocycles. The molecule has 1 radical (unpaired) electrons. The van der Waals surface area contributed by atoms with Gasteiger partial charge in [0.15, 0.2) is 0 Å². The molecule has 1 aliphatic rings. The molecule has 0 spiro atoms. The van der Waals surface area contributed by atoms with Gasteiger partial charge in [0.05, 0.1) is 0 Å². The van der Waals surface area contributed by atoms with Crippen molar-refractivity contribution in [2.24, 2.45) is 0 Å². The number of nitrogens with one attached hydrogen (secondary N) is 1. The summed E-state index contributed by atoms with van der Waals surface area (Å²) < 4.78 is 13.0. The Labute approximate surface area is 183 Å². The molecule has 0 saturated carbocycles. The zero-order valence-electron chi connectivity index (χ0n) is 13.5. The Balaban J connectivity index is 0.00000208. The molecule has 2 aromatic rings. The third-order valence-corrected chi connectivity index (χ3v) is 4.63. The molecule has 24 heavy (non-hydrogen) atoms. The molecule has 0 aliphatic carbocycles. The summed E-state index contributed by atoms with van der Waals surface area (Å²) in [6, 6.07) is 12.7. The van der Waals surface area contributed by atoms with Crippen LogP contribution in [0.5, 0.6) is 0 Å². The quantitative estimate of drug-likeness (QED) is 0.558. The molecule has 6 heteroatoms. The van der Waals surface area contributed by atoms with Gasteiger partial charge in [-0.05, 0) is 35.9 Å². The van der Waals surface area contributed by atoms with E-state index < -0.39 is 0 Å². The summed E-state index contributed by atoms with van der Waals surface area (Å²) in [7, 11) is 0. The van der Waals surface area contributed by atoms with E-state index in [2.05, 4.69) is 15.9 Å². The van der Waals surface area contributed by atoms with Crippen molar-refractivity contribution in [1.82, 2.24) is 4.90 Å². The minimum absolute atomic E-state index is 0. The van der Waals surface area contributed by atoms with Crippen LogP contribution in [0.2, 0.25) is 5.02 Å². The average molecular weight is 560 g/mol. The Morgan fingerprint density at radius 1 is 1.00 bits per heavy atom. The van der Waals surface area contributed by atoms with E-state index >= 15 is 0 Å². The number of hydrogen-bond acceptors (Lipinski definition) is 2. The van der Waals surface area contributed by atoms with E-state index in [1.165, 1.54) is 17.7 Å². The number of anilines is 1. The van der Waals surface area contributed by atoms with Gasteiger partial charge in [-0.2, -0.15) is 0 Å². The molecule has 0 bridgehead atoms. The summed E-state index contributed by atoms with van der Waals surface area (Å²) in [4.78, 5) is 4.68. The fraction of sp³-hybridized carbons (Fsp3) is 0.333. The Kier molecular flexibility index (Phi) is 7.97. The van der Waals surface area contributed by atoms with E-state index in [9.17, 15) is 4.39 Å². The Hall–Kier alpha value is -0.178. The van der Waals surface area contributed by atoms with Gasteiger partial charge < -0.3 is 10.6 Å². The van der Waals surface area contributed by atoms with Crippen molar-refractivity contribution in [3.63, 3.8) is 0 Å². The standard InChI is InChI=1S/C18H20ClFN3.Ac/c19-18-11-14(1-2-15(18)12-21)13-22-7-9-23(10-8-22)17-5-3-16(20)4-6-17;/h1-6,11,21H,7-10,12-13H2;/q-1;. The van der Waals surface area contributed by atoms with Crippen LogP contribution in [0.3, 0.4) is 0 Å². The first-order valence-electron chi connectivity index (χ1n) is 7.80. The molecule has 2 aromatic carbocycles. The third-order valence-electron chi connectivity index (χ3n) is 4.28. The Morgan fingerprint density at radius 3 is 2.25 bits per heavy atom. The smallest absolute Gasteiger partial charge is 0.123 e. The topological polar surface area (TPSA) is 30.3 Å². The molecule has 0 atom stereocenters. The van der Waals surface area contributed by atoms with E-state index in [1.807, 2.05) is 24.3 Å². The minimum atomic E-state index is -0.194. The zero-order valence-corrected chi connectivity index (χ0v) is 19.0. The summed E-state index contributed by atoms with van der Waals surface area (Å²) in [6.07, 6.45) is 0. The summed E-state index contributed by atoms with van der Waals surface area (Å²) in [5, 5.41) is 0.683. The molecule has 0 unspecified atom stereocenters. The van der Waals surface area contributed by atoms with Gasteiger partial charge in [0, 0.05) is 87.5 Å².